The highest BCUT2D eigenvalue weighted by atomic mass is 19.3. The molecule has 1 aromatic rings. The highest BCUT2D eigenvalue weighted by Gasteiger charge is 2.71. The van der Waals surface area contributed by atoms with Gasteiger partial charge < -0.3 is 9.47 Å². The molecule has 0 aliphatic heterocycles. The van der Waals surface area contributed by atoms with Gasteiger partial charge in [-0.1, -0.05) is 12.1 Å². The Labute approximate surface area is 117 Å². The number of benzene rings is 1. The Hall–Kier alpha value is -1.44. The molecule has 0 saturated carbocycles. The van der Waals surface area contributed by atoms with Crippen molar-refractivity contribution in [2.45, 2.75) is 24.7 Å². The Morgan fingerprint density at radius 3 is 2.00 bits per heavy atom. The van der Waals surface area contributed by atoms with Crippen molar-refractivity contribution >= 4 is 0 Å². The minimum atomic E-state index is -5.60. The lowest BCUT2D eigenvalue weighted by molar-refractivity contribution is -0.324. The topological polar surface area (TPSA) is 18.5 Å². The zero-order valence-electron chi connectivity index (χ0n) is 11.0. The second kappa shape index (κ2) is 6.55. The molecule has 0 unspecified atom stereocenters. The van der Waals surface area contributed by atoms with Gasteiger partial charge in [0.15, 0.2) is 6.61 Å². The van der Waals surface area contributed by atoms with E-state index >= 15 is 0 Å². The fourth-order valence-electron chi connectivity index (χ4n) is 1.32. The van der Waals surface area contributed by atoms with Gasteiger partial charge in [-0.05, 0) is 25.1 Å². The van der Waals surface area contributed by atoms with E-state index in [0.717, 1.165) is 0 Å². The molecule has 119 valence electrons. The Balaban J connectivity index is 2.78. The summed E-state index contributed by atoms with van der Waals surface area (Å²) in [5, 5.41) is 0. The zero-order chi connectivity index (χ0) is 16.1. The first-order chi connectivity index (χ1) is 9.64. The molecule has 1 aromatic carbocycles. The molecule has 0 saturated heterocycles. The van der Waals surface area contributed by atoms with Crippen molar-refractivity contribution in [1.29, 1.82) is 0 Å². The molecular weight excluding hydrogens is 302 g/mol. The highest BCUT2D eigenvalue weighted by Crippen LogP contribution is 2.46. The molecule has 2 nitrogen and oxygen atoms in total. The predicted molar refractivity (Wildman–Crippen MR) is 62.1 cm³/mol. The average Bonchev–Trinajstić information content (AvgIpc) is 2.44. The van der Waals surface area contributed by atoms with Gasteiger partial charge in [-0.3, -0.25) is 0 Å². The molecular formula is C13H13F6O2. The molecule has 1 rings (SSSR count). The molecule has 0 N–H and O–H groups in total. The number of halogens is 6. The van der Waals surface area contributed by atoms with Crippen molar-refractivity contribution in [3.63, 3.8) is 0 Å². The van der Waals surface area contributed by atoms with Crippen LogP contribution in [-0.2, 0) is 4.74 Å². The Kier molecular flexibility index (Phi) is 5.49. The minimum absolute atomic E-state index is 0.155. The van der Waals surface area contributed by atoms with E-state index in [1.165, 1.54) is 31.2 Å². The zero-order valence-corrected chi connectivity index (χ0v) is 11.0. The van der Waals surface area contributed by atoms with Gasteiger partial charge in [0.1, 0.15) is 12.4 Å². The second-order valence-electron chi connectivity index (χ2n) is 4.14. The first-order valence-electron chi connectivity index (χ1n) is 5.94. The third kappa shape index (κ3) is 4.03. The molecule has 0 heterocycles. The maximum atomic E-state index is 13.4. The SMILES string of the molecule is CCOCC(F)(F)C(F)(F)C(F)(F)COc1cc[c]cc1. The van der Waals surface area contributed by atoms with E-state index in [9.17, 15) is 26.3 Å². The van der Waals surface area contributed by atoms with Crippen LogP contribution in [-0.4, -0.2) is 37.6 Å². The normalized spacial score (nSPS) is 13.3. The van der Waals surface area contributed by atoms with Crippen LogP contribution in [0.25, 0.3) is 0 Å². The van der Waals surface area contributed by atoms with Gasteiger partial charge in [0.05, 0.1) is 0 Å². The molecule has 0 bridgehead atoms. The smallest absolute Gasteiger partial charge is 0.377 e. The van der Waals surface area contributed by atoms with Crippen LogP contribution in [0.1, 0.15) is 6.92 Å². The second-order valence-corrected chi connectivity index (χ2v) is 4.14. The molecule has 0 amide bonds. The van der Waals surface area contributed by atoms with E-state index in [-0.39, 0.29) is 12.4 Å². The van der Waals surface area contributed by atoms with Crippen molar-refractivity contribution in [1.82, 2.24) is 0 Å². The van der Waals surface area contributed by atoms with E-state index in [2.05, 4.69) is 15.5 Å². The maximum absolute atomic E-state index is 13.4. The average molecular weight is 315 g/mol. The molecule has 0 aliphatic rings. The van der Waals surface area contributed by atoms with Gasteiger partial charge in [-0.25, -0.2) is 0 Å². The summed E-state index contributed by atoms with van der Waals surface area (Å²) in [5.74, 6) is -15.8. The summed E-state index contributed by atoms with van der Waals surface area (Å²) in [7, 11) is 0. The van der Waals surface area contributed by atoms with Crippen LogP contribution in [0.3, 0.4) is 0 Å². The summed E-state index contributed by atoms with van der Waals surface area (Å²) in [4.78, 5) is 0. The lowest BCUT2D eigenvalue weighted by Gasteiger charge is -2.32. The predicted octanol–water partition coefficient (Wildman–Crippen LogP) is 3.81. The Morgan fingerprint density at radius 2 is 1.48 bits per heavy atom. The minimum Gasteiger partial charge on any atom is -0.487 e. The molecule has 0 spiro atoms. The van der Waals surface area contributed by atoms with Crippen LogP contribution in [0.4, 0.5) is 26.3 Å². The molecule has 1 radical (unpaired) electrons. The van der Waals surface area contributed by atoms with E-state index in [1.54, 1.807) is 0 Å². The molecule has 0 atom stereocenters. The highest BCUT2D eigenvalue weighted by molar-refractivity contribution is 5.20. The van der Waals surface area contributed by atoms with Gasteiger partial charge in [-0.15, -0.1) is 0 Å². The Morgan fingerprint density at radius 1 is 0.952 bits per heavy atom. The van der Waals surface area contributed by atoms with E-state index in [4.69, 9.17) is 0 Å². The summed E-state index contributed by atoms with van der Waals surface area (Å²) in [6.45, 7) is -2.70. The van der Waals surface area contributed by atoms with Crippen LogP contribution < -0.4 is 4.74 Å². The van der Waals surface area contributed by atoms with Crippen LogP contribution >= 0.6 is 0 Å². The van der Waals surface area contributed by atoms with Crippen molar-refractivity contribution < 1.29 is 35.8 Å². The first kappa shape index (κ1) is 17.6. The summed E-state index contributed by atoms with van der Waals surface area (Å²) in [5.41, 5.74) is 0. The van der Waals surface area contributed by atoms with E-state index < -0.39 is 31.0 Å². The van der Waals surface area contributed by atoms with Crippen LogP contribution in [0.15, 0.2) is 24.3 Å². The monoisotopic (exact) mass is 315 g/mol. The Bertz CT molecular complexity index is 436. The van der Waals surface area contributed by atoms with E-state index in [0.29, 0.717) is 0 Å². The first-order valence-corrected chi connectivity index (χ1v) is 5.94. The van der Waals surface area contributed by atoms with Crippen LogP contribution in [0.2, 0.25) is 0 Å². The summed E-state index contributed by atoms with van der Waals surface area (Å²) >= 11 is 0. The van der Waals surface area contributed by atoms with E-state index in [1.807, 2.05) is 0 Å². The number of alkyl halides is 6. The van der Waals surface area contributed by atoms with Gasteiger partial charge in [0.25, 0.3) is 0 Å². The number of hydrogen-bond donors (Lipinski definition) is 0. The quantitative estimate of drug-likeness (QED) is 0.679. The van der Waals surface area contributed by atoms with Gasteiger partial charge >= 0.3 is 17.8 Å². The lowest BCUT2D eigenvalue weighted by Crippen LogP contribution is -2.58. The third-order valence-electron chi connectivity index (χ3n) is 2.51. The third-order valence-corrected chi connectivity index (χ3v) is 2.51. The number of hydrogen-bond acceptors (Lipinski definition) is 2. The van der Waals surface area contributed by atoms with Crippen molar-refractivity contribution in [2.75, 3.05) is 19.8 Å². The molecule has 0 aliphatic carbocycles. The summed E-state index contributed by atoms with van der Waals surface area (Å²) in [6, 6.07) is 7.53. The molecule has 8 heteroatoms. The van der Waals surface area contributed by atoms with Crippen molar-refractivity contribution in [2.24, 2.45) is 0 Å². The van der Waals surface area contributed by atoms with Crippen LogP contribution in [0.5, 0.6) is 5.75 Å². The van der Waals surface area contributed by atoms with Crippen molar-refractivity contribution in [3.8, 4) is 5.75 Å². The maximum Gasteiger partial charge on any atom is 0.377 e. The number of rotatable bonds is 8. The van der Waals surface area contributed by atoms with Crippen molar-refractivity contribution in [3.05, 3.63) is 30.3 Å². The lowest BCUT2D eigenvalue weighted by atomic mass is 10.1. The standard InChI is InChI=1S/C13H13F6O2/c1-2-20-8-11(14,15)13(18,19)12(16,17)9-21-10-6-4-3-5-7-10/h4-7H,2,8-9H2,1H3. The number of ether oxygens (including phenoxy) is 2. The molecule has 0 fully saturated rings. The molecule has 21 heavy (non-hydrogen) atoms. The largest absolute Gasteiger partial charge is 0.487 e. The fraction of sp³-hybridized carbons (Fsp3) is 0.538. The summed E-state index contributed by atoms with van der Waals surface area (Å²) < 4.78 is 88.4. The van der Waals surface area contributed by atoms with Gasteiger partial charge in [0, 0.05) is 6.61 Å². The van der Waals surface area contributed by atoms with Crippen LogP contribution in [0, 0.1) is 6.07 Å². The molecule has 0 aromatic heterocycles. The van der Waals surface area contributed by atoms with Gasteiger partial charge in [-0.2, -0.15) is 26.3 Å². The fourth-order valence-corrected chi connectivity index (χ4v) is 1.32. The van der Waals surface area contributed by atoms with Gasteiger partial charge in [0.2, 0.25) is 0 Å². The summed E-state index contributed by atoms with van der Waals surface area (Å²) in [6.07, 6.45) is 0.